The number of hydrogen-bond acceptors (Lipinski definition) is 4. The lowest BCUT2D eigenvalue weighted by atomic mass is 9.99. The zero-order chi connectivity index (χ0) is 16.2. The molecule has 1 atom stereocenters. The van der Waals surface area contributed by atoms with E-state index in [2.05, 4.69) is 0 Å². The molecule has 2 N–H and O–H groups in total. The number of carbonyl (C=O) groups excluding carboxylic acids is 2. The second-order valence-corrected chi connectivity index (χ2v) is 5.80. The Morgan fingerprint density at radius 1 is 1.26 bits per heavy atom. The molecule has 2 heterocycles. The number of amides is 2. The van der Waals surface area contributed by atoms with Gasteiger partial charge in [-0.2, -0.15) is 0 Å². The molecule has 1 fully saturated rings. The zero-order valence-corrected chi connectivity index (χ0v) is 12.9. The molecule has 6 nitrogen and oxygen atoms in total. The van der Waals surface area contributed by atoms with Gasteiger partial charge in [0.25, 0.3) is 0 Å². The molecule has 3 rings (SSSR count). The summed E-state index contributed by atoms with van der Waals surface area (Å²) in [6.07, 6.45) is 6.32. The molecule has 0 bridgehead atoms. The lowest BCUT2D eigenvalue weighted by Crippen LogP contribution is -2.44. The monoisotopic (exact) mass is 316 g/mol. The zero-order valence-electron chi connectivity index (χ0n) is 12.9. The van der Waals surface area contributed by atoms with Gasteiger partial charge in [-0.25, -0.2) is 0 Å². The third kappa shape index (κ3) is 3.64. The van der Waals surface area contributed by atoms with Crippen molar-refractivity contribution < 1.29 is 19.1 Å². The van der Waals surface area contributed by atoms with Gasteiger partial charge in [-0.1, -0.05) is 6.07 Å². The Balaban J connectivity index is 1.68. The van der Waals surface area contributed by atoms with Crippen LogP contribution in [0.1, 0.15) is 31.2 Å². The van der Waals surface area contributed by atoms with E-state index in [1.807, 2.05) is 18.2 Å². The fourth-order valence-corrected chi connectivity index (χ4v) is 3.02. The van der Waals surface area contributed by atoms with Crippen molar-refractivity contribution >= 4 is 17.9 Å². The molecule has 122 valence electrons. The fourth-order valence-electron chi connectivity index (χ4n) is 3.02. The van der Waals surface area contributed by atoms with E-state index in [0.29, 0.717) is 18.0 Å². The van der Waals surface area contributed by atoms with E-state index >= 15 is 0 Å². The molecule has 6 heteroatoms. The fraction of sp³-hybridized carbons (Fsp3) is 0.412. The maximum Gasteiger partial charge on any atom is 0.246 e. The molecular formula is C17H20N2O4. The van der Waals surface area contributed by atoms with E-state index in [4.69, 9.17) is 15.2 Å². The Bertz CT molecular complexity index is 641. The highest BCUT2D eigenvalue weighted by Crippen LogP contribution is 2.32. The van der Waals surface area contributed by atoms with E-state index in [0.717, 1.165) is 24.8 Å². The second kappa shape index (κ2) is 6.73. The van der Waals surface area contributed by atoms with Gasteiger partial charge in [0.05, 0.1) is 0 Å². The number of likely N-dealkylation sites (tertiary alicyclic amines) is 1. The van der Waals surface area contributed by atoms with Gasteiger partial charge in [0.2, 0.25) is 18.6 Å². The number of piperidine rings is 1. The number of hydrogen-bond donors (Lipinski definition) is 1. The highest BCUT2D eigenvalue weighted by atomic mass is 16.7. The molecule has 0 unspecified atom stereocenters. The van der Waals surface area contributed by atoms with Crippen LogP contribution in [0.5, 0.6) is 11.5 Å². The molecule has 1 saturated heterocycles. The number of rotatable bonds is 4. The number of ether oxygens (including phenoxy) is 2. The van der Waals surface area contributed by atoms with Crippen LogP contribution >= 0.6 is 0 Å². The SMILES string of the molecule is NC(=O)C[C@H]1CCCCN1C(=O)/C=C\c1ccc2c(c1)OCO2. The Hall–Kier alpha value is -2.50. The summed E-state index contributed by atoms with van der Waals surface area (Å²) in [6.45, 7) is 0.895. The molecule has 2 aliphatic rings. The van der Waals surface area contributed by atoms with Gasteiger partial charge in [0, 0.05) is 25.1 Å². The van der Waals surface area contributed by atoms with Crippen molar-refractivity contribution in [2.24, 2.45) is 5.73 Å². The summed E-state index contributed by atoms with van der Waals surface area (Å²) in [5.41, 5.74) is 6.15. The summed E-state index contributed by atoms with van der Waals surface area (Å²) in [7, 11) is 0. The molecule has 0 aromatic heterocycles. The van der Waals surface area contributed by atoms with E-state index in [-0.39, 0.29) is 31.1 Å². The van der Waals surface area contributed by atoms with Crippen LogP contribution in [-0.4, -0.2) is 36.1 Å². The predicted octanol–water partition coefficient (Wildman–Crippen LogP) is 1.68. The van der Waals surface area contributed by atoms with Gasteiger partial charge < -0.3 is 20.1 Å². The Kier molecular flexibility index (Phi) is 4.50. The maximum atomic E-state index is 12.4. The number of benzene rings is 1. The minimum absolute atomic E-state index is 0.0878. The largest absolute Gasteiger partial charge is 0.454 e. The van der Waals surface area contributed by atoms with Crippen molar-refractivity contribution in [3.8, 4) is 11.5 Å². The highest BCUT2D eigenvalue weighted by molar-refractivity contribution is 5.92. The third-order valence-electron chi connectivity index (χ3n) is 4.16. The smallest absolute Gasteiger partial charge is 0.246 e. The number of carbonyl (C=O) groups is 2. The predicted molar refractivity (Wildman–Crippen MR) is 84.8 cm³/mol. The van der Waals surface area contributed by atoms with Crippen LogP contribution in [0.2, 0.25) is 0 Å². The Labute approximate surface area is 134 Å². The van der Waals surface area contributed by atoms with Crippen LogP contribution in [0.4, 0.5) is 0 Å². The lowest BCUT2D eigenvalue weighted by Gasteiger charge is -2.34. The quantitative estimate of drug-likeness (QED) is 0.857. The molecule has 0 aliphatic carbocycles. The van der Waals surface area contributed by atoms with Crippen LogP contribution in [0.15, 0.2) is 24.3 Å². The summed E-state index contributed by atoms with van der Waals surface area (Å²) < 4.78 is 10.6. The highest BCUT2D eigenvalue weighted by Gasteiger charge is 2.26. The molecule has 1 aromatic rings. The average Bonchev–Trinajstić information content (AvgIpc) is 3.00. The first kappa shape index (κ1) is 15.4. The minimum Gasteiger partial charge on any atom is -0.454 e. The molecule has 0 radical (unpaired) electrons. The summed E-state index contributed by atoms with van der Waals surface area (Å²) in [5.74, 6) is 0.943. The number of nitrogens with zero attached hydrogens (tertiary/aromatic N) is 1. The molecule has 23 heavy (non-hydrogen) atoms. The van der Waals surface area contributed by atoms with Crippen LogP contribution in [0.3, 0.4) is 0 Å². The van der Waals surface area contributed by atoms with Crippen molar-refractivity contribution in [2.45, 2.75) is 31.7 Å². The van der Waals surface area contributed by atoms with Gasteiger partial charge in [-0.05, 0) is 43.0 Å². The minimum atomic E-state index is -0.366. The van der Waals surface area contributed by atoms with Gasteiger partial charge in [-0.15, -0.1) is 0 Å². The van der Waals surface area contributed by atoms with Crippen molar-refractivity contribution in [3.05, 3.63) is 29.8 Å². The summed E-state index contributed by atoms with van der Waals surface area (Å²) in [4.78, 5) is 25.3. The van der Waals surface area contributed by atoms with Crippen LogP contribution in [-0.2, 0) is 9.59 Å². The molecule has 0 saturated carbocycles. The molecule has 0 spiro atoms. The van der Waals surface area contributed by atoms with Crippen molar-refractivity contribution in [2.75, 3.05) is 13.3 Å². The first-order chi connectivity index (χ1) is 11.1. The number of nitrogens with two attached hydrogens (primary N) is 1. The average molecular weight is 316 g/mol. The van der Waals surface area contributed by atoms with Gasteiger partial charge in [-0.3, -0.25) is 9.59 Å². The summed E-state index contributed by atoms with van der Waals surface area (Å²) in [5, 5.41) is 0. The van der Waals surface area contributed by atoms with Gasteiger partial charge >= 0.3 is 0 Å². The number of primary amides is 1. The topological polar surface area (TPSA) is 81.9 Å². The Morgan fingerprint density at radius 2 is 2.09 bits per heavy atom. The van der Waals surface area contributed by atoms with E-state index in [1.165, 1.54) is 6.08 Å². The van der Waals surface area contributed by atoms with Crippen LogP contribution in [0.25, 0.3) is 6.08 Å². The van der Waals surface area contributed by atoms with E-state index in [1.54, 1.807) is 11.0 Å². The molecular weight excluding hydrogens is 296 g/mol. The van der Waals surface area contributed by atoms with Gasteiger partial charge in [0.1, 0.15) is 0 Å². The van der Waals surface area contributed by atoms with E-state index in [9.17, 15) is 9.59 Å². The second-order valence-electron chi connectivity index (χ2n) is 5.80. The standard InChI is InChI=1S/C17H20N2O4/c18-16(20)10-13-3-1-2-8-19(13)17(21)7-5-12-4-6-14-15(9-12)23-11-22-14/h4-7,9,13H,1-3,8,10-11H2,(H2,18,20)/b7-5-/t13-/m1/s1. The van der Waals surface area contributed by atoms with E-state index < -0.39 is 0 Å². The lowest BCUT2D eigenvalue weighted by molar-refractivity contribution is -0.130. The van der Waals surface area contributed by atoms with Crippen molar-refractivity contribution in [1.29, 1.82) is 0 Å². The summed E-state index contributed by atoms with van der Waals surface area (Å²) in [6, 6.07) is 5.44. The number of fused-ring (bicyclic) bond motifs is 1. The van der Waals surface area contributed by atoms with Gasteiger partial charge in [0.15, 0.2) is 11.5 Å². The Morgan fingerprint density at radius 3 is 2.91 bits per heavy atom. The molecule has 2 amide bonds. The first-order valence-corrected chi connectivity index (χ1v) is 7.80. The molecule has 2 aliphatic heterocycles. The normalized spacial score (nSPS) is 20.0. The summed E-state index contributed by atoms with van der Waals surface area (Å²) >= 11 is 0. The molecule has 1 aromatic carbocycles. The van der Waals surface area contributed by atoms with Crippen LogP contribution in [0, 0.1) is 0 Å². The first-order valence-electron chi connectivity index (χ1n) is 7.80. The van der Waals surface area contributed by atoms with Crippen molar-refractivity contribution in [1.82, 2.24) is 4.90 Å². The maximum absolute atomic E-state index is 12.4. The third-order valence-corrected chi connectivity index (χ3v) is 4.16. The van der Waals surface area contributed by atoms with Crippen molar-refractivity contribution in [3.63, 3.8) is 0 Å². The van der Waals surface area contributed by atoms with Crippen LogP contribution < -0.4 is 15.2 Å².